The summed E-state index contributed by atoms with van der Waals surface area (Å²) in [4.78, 5) is 26.1. The lowest BCUT2D eigenvalue weighted by atomic mass is 9.80. The summed E-state index contributed by atoms with van der Waals surface area (Å²) in [5.74, 6) is -0.0937. The molecule has 1 aliphatic rings. The number of aliphatic carboxylic acids is 1. The lowest BCUT2D eigenvalue weighted by Gasteiger charge is -2.40. The molecule has 0 spiro atoms. The van der Waals surface area contributed by atoms with Crippen LogP contribution in [0.2, 0.25) is 0 Å². The zero-order valence-corrected chi connectivity index (χ0v) is 16.0. The Morgan fingerprint density at radius 2 is 2.04 bits per heavy atom. The van der Waals surface area contributed by atoms with Gasteiger partial charge >= 0.3 is 5.97 Å². The molecule has 6 heteroatoms. The van der Waals surface area contributed by atoms with E-state index in [4.69, 9.17) is 9.47 Å². The van der Waals surface area contributed by atoms with E-state index in [0.29, 0.717) is 31.1 Å². The molecule has 0 radical (unpaired) electrons. The number of rotatable bonds is 7. The minimum atomic E-state index is -1.04. The predicted molar refractivity (Wildman–Crippen MR) is 98.4 cm³/mol. The second-order valence-electron chi connectivity index (χ2n) is 7.37. The van der Waals surface area contributed by atoms with Gasteiger partial charge in [0.05, 0.1) is 6.61 Å². The summed E-state index contributed by atoms with van der Waals surface area (Å²) in [6.45, 7) is 6.69. The van der Waals surface area contributed by atoms with E-state index < -0.39 is 17.5 Å². The minimum absolute atomic E-state index is 0.0950. The quantitative estimate of drug-likeness (QED) is 0.806. The average molecular weight is 363 g/mol. The maximum atomic E-state index is 12.8. The third-order valence-electron chi connectivity index (χ3n) is 4.95. The Hall–Kier alpha value is -2.08. The fourth-order valence-corrected chi connectivity index (χ4v) is 3.41. The van der Waals surface area contributed by atoms with Crippen LogP contribution in [0.15, 0.2) is 24.3 Å². The second-order valence-corrected chi connectivity index (χ2v) is 7.37. The van der Waals surface area contributed by atoms with Crippen LogP contribution in [-0.2, 0) is 14.3 Å². The number of carbonyl (C=O) groups excluding carboxylic acids is 1. The molecule has 1 N–H and O–H groups in total. The molecule has 1 saturated heterocycles. The fourth-order valence-electron chi connectivity index (χ4n) is 3.41. The molecule has 1 amide bonds. The van der Waals surface area contributed by atoms with Crippen molar-refractivity contribution in [3.05, 3.63) is 29.8 Å². The number of nitrogens with zero attached hydrogens (tertiary/aromatic N) is 1. The molecular formula is C20H29NO5. The van der Waals surface area contributed by atoms with E-state index in [1.807, 2.05) is 24.3 Å². The Kier molecular flexibility index (Phi) is 6.64. The maximum Gasteiger partial charge on any atom is 0.313 e. The van der Waals surface area contributed by atoms with Gasteiger partial charge < -0.3 is 19.5 Å². The van der Waals surface area contributed by atoms with Crippen molar-refractivity contribution in [3.8, 4) is 5.75 Å². The van der Waals surface area contributed by atoms with Crippen molar-refractivity contribution < 1.29 is 24.2 Å². The predicted octanol–water partition coefficient (Wildman–Crippen LogP) is 2.92. The largest absolute Gasteiger partial charge is 0.481 e. The van der Waals surface area contributed by atoms with Gasteiger partial charge in [-0.15, -0.1) is 0 Å². The van der Waals surface area contributed by atoms with Crippen molar-refractivity contribution in [3.63, 3.8) is 0 Å². The summed E-state index contributed by atoms with van der Waals surface area (Å²) in [5, 5.41) is 9.63. The number of carbonyl (C=O) groups is 2. The normalized spacial score (nSPS) is 21.5. The molecule has 0 saturated carbocycles. The highest BCUT2D eigenvalue weighted by atomic mass is 16.5. The SMILES string of the molecule is COCC1(C(=O)O)CCCN(C(=O)C(C)Oc2cccc(C(C)C)c2)C1. The summed E-state index contributed by atoms with van der Waals surface area (Å²) in [5.41, 5.74) is 0.102. The van der Waals surface area contributed by atoms with Crippen molar-refractivity contribution in [2.45, 2.75) is 45.6 Å². The Morgan fingerprint density at radius 1 is 1.31 bits per heavy atom. The van der Waals surface area contributed by atoms with E-state index in [2.05, 4.69) is 13.8 Å². The van der Waals surface area contributed by atoms with Gasteiger partial charge in [0.15, 0.2) is 6.10 Å². The lowest BCUT2D eigenvalue weighted by molar-refractivity contribution is -0.160. The molecule has 1 aromatic carbocycles. The molecule has 1 fully saturated rings. The fraction of sp³-hybridized carbons (Fsp3) is 0.600. The van der Waals surface area contributed by atoms with E-state index in [9.17, 15) is 14.7 Å². The number of hydrogen-bond donors (Lipinski definition) is 1. The molecule has 1 aliphatic heterocycles. The lowest BCUT2D eigenvalue weighted by Crippen LogP contribution is -2.54. The van der Waals surface area contributed by atoms with E-state index in [0.717, 1.165) is 5.56 Å². The van der Waals surface area contributed by atoms with Gasteiger partial charge in [-0.2, -0.15) is 0 Å². The Bertz CT molecular complexity index is 641. The summed E-state index contributed by atoms with van der Waals surface area (Å²) < 4.78 is 11.0. The highest BCUT2D eigenvalue weighted by Gasteiger charge is 2.44. The molecule has 1 heterocycles. The number of carboxylic acids is 1. The van der Waals surface area contributed by atoms with Crippen LogP contribution in [0, 0.1) is 5.41 Å². The summed E-state index contributed by atoms with van der Waals surface area (Å²) >= 11 is 0. The van der Waals surface area contributed by atoms with Gasteiger partial charge in [-0.3, -0.25) is 9.59 Å². The van der Waals surface area contributed by atoms with Crippen molar-refractivity contribution in [1.82, 2.24) is 4.90 Å². The Labute approximate surface area is 155 Å². The molecule has 0 aliphatic carbocycles. The Balaban J connectivity index is 2.07. The first-order valence-electron chi connectivity index (χ1n) is 9.07. The van der Waals surface area contributed by atoms with Crippen LogP contribution in [0.4, 0.5) is 0 Å². The number of methoxy groups -OCH3 is 1. The first-order valence-corrected chi connectivity index (χ1v) is 9.07. The third-order valence-corrected chi connectivity index (χ3v) is 4.95. The van der Waals surface area contributed by atoms with Gasteiger partial charge in [0, 0.05) is 20.2 Å². The molecule has 2 rings (SSSR count). The summed E-state index contributed by atoms with van der Waals surface area (Å²) in [6, 6.07) is 7.72. The van der Waals surface area contributed by atoms with Crippen LogP contribution in [-0.4, -0.2) is 54.8 Å². The maximum absolute atomic E-state index is 12.8. The topological polar surface area (TPSA) is 76.1 Å². The minimum Gasteiger partial charge on any atom is -0.481 e. The molecule has 2 unspecified atom stereocenters. The van der Waals surface area contributed by atoms with Crippen LogP contribution in [0.3, 0.4) is 0 Å². The van der Waals surface area contributed by atoms with E-state index in [1.165, 1.54) is 7.11 Å². The molecule has 2 atom stereocenters. The first kappa shape index (κ1) is 20.2. The number of amides is 1. The number of ether oxygens (including phenoxy) is 2. The van der Waals surface area contributed by atoms with Crippen LogP contribution in [0.5, 0.6) is 5.75 Å². The van der Waals surface area contributed by atoms with Gasteiger partial charge in [-0.25, -0.2) is 0 Å². The number of piperidine rings is 1. The number of carboxylic acid groups (broad SMARTS) is 1. The molecule has 144 valence electrons. The van der Waals surface area contributed by atoms with Crippen LogP contribution in [0.25, 0.3) is 0 Å². The highest BCUT2D eigenvalue weighted by molar-refractivity contribution is 5.83. The first-order chi connectivity index (χ1) is 12.3. The van der Waals surface area contributed by atoms with Gasteiger partial charge in [-0.05, 0) is 43.4 Å². The molecule has 6 nitrogen and oxygen atoms in total. The Morgan fingerprint density at radius 3 is 2.65 bits per heavy atom. The van der Waals surface area contributed by atoms with Gasteiger partial charge in [0.2, 0.25) is 0 Å². The zero-order valence-electron chi connectivity index (χ0n) is 16.0. The van der Waals surface area contributed by atoms with Crippen molar-refractivity contribution in [2.24, 2.45) is 5.41 Å². The van der Waals surface area contributed by atoms with Crippen LogP contribution < -0.4 is 4.74 Å². The molecule has 1 aromatic rings. The van der Waals surface area contributed by atoms with Crippen molar-refractivity contribution >= 4 is 11.9 Å². The van der Waals surface area contributed by atoms with Gasteiger partial charge in [-0.1, -0.05) is 26.0 Å². The third kappa shape index (κ3) is 4.55. The van der Waals surface area contributed by atoms with Gasteiger partial charge in [0.1, 0.15) is 11.2 Å². The van der Waals surface area contributed by atoms with E-state index >= 15 is 0 Å². The van der Waals surface area contributed by atoms with Crippen LogP contribution in [0.1, 0.15) is 45.1 Å². The van der Waals surface area contributed by atoms with Crippen molar-refractivity contribution in [1.29, 1.82) is 0 Å². The molecular weight excluding hydrogens is 334 g/mol. The number of hydrogen-bond acceptors (Lipinski definition) is 4. The van der Waals surface area contributed by atoms with E-state index in [1.54, 1.807) is 11.8 Å². The second kappa shape index (κ2) is 8.54. The number of benzene rings is 1. The monoisotopic (exact) mass is 363 g/mol. The molecule has 26 heavy (non-hydrogen) atoms. The standard InChI is InChI=1S/C20H29NO5/c1-14(2)16-7-5-8-17(11-16)26-15(3)18(22)21-10-6-9-20(12-21,13-25-4)19(23)24/h5,7-8,11,14-15H,6,9-10,12-13H2,1-4H3,(H,23,24). The highest BCUT2D eigenvalue weighted by Crippen LogP contribution is 2.31. The van der Waals surface area contributed by atoms with Crippen LogP contribution >= 0.6 is 0 Å². The van der Waals surface area contributed by atoms with Gasteiger partial charge in [0.25, 0.3) is 5.91 Å². The van der Waals surface area contributed by atoms with E-state index in [-0.39, 0.29) is 19.1 Å². The number of likely N-dealkylation sites (tertiary alicyclic amines) is 1. The molecule has 0 bridgehead atoms. The smallest absolute Gasteiger partial charge is 0.313 e. The zero-order chi connectivity index (χ0) is 19.3. The summed E-state index contributed by atoms with van der Waals surface area (Å²) in [6.07, 6.45) is 0.465. The van der Waals surface area contributed by atoms with Crippen molar-refractivity contribution in [2.75, 3.05) is 26.8 Å². The summed E-state index contributed by atoms with van der Waals surface area (Å²) in [7, 11) is 1.49. The molecule has 0 aromatic heterocycles. The average Bonchev–Trinajstić information content (AvgIpc) is 2.61.